The predicted molar refractivity (Wildman–Crippen MR) is 77.8 cm³/mol. The average molecular weight is 322 g/mol. The van der Waals surface area contributed by atoms with Crippen LogP contribution in [-0.4, -0.2) is 12.0 Å². The van der Waals surface area contributed by atoms with Gasteiger partial charge in [0, 0.05) is 19.3 Å². The summed E-state index contributed by atoms with van der Waals surface area (Å²) in [5.41, 5.74) is 2.74. The molecule has 2 rings (SSSR count). The Labute approximate surface area is 119 Å². The Morgan fingerprint density at radius 1 is 1.50 bits per heavy atom. The third-order valence-corrected chi connectivity index (χ3v) is 4.09. The van der Waals surface area contributed by atoms with Crippen LogP contribution in [0, 0.1) is 18.3 Å². The van der Waals surface area contributed by atoms with Crippen LogP contribution in [0.25, 0.3) is 0 Å². The van der Waals surface area contributed by atoms with Crippen molar-refractivity contribution in [2.75, 3.05) is 11.9 Å². The number of nitrogens with zero attached hydrogens (tertiary/aromatic N) is 3. The lowest BCUT2D eigenvalue weighted by molar-refractivity contribution is 0.892. The first-order valence-corrected chi connectivity index (χ1v) is 7.09. The smallest absolute Gasteiger partial charge is 0.146 e. The second kappa shape index (κ2) is 5.51. The van der Waals surface area contributed by atoms with Crippen molar-refractivity contribution in [2.45, 2.75) is 13.5 Å². The topological polar surface area (TPSA) is 39.9 Å². The van der Waals surface area contributed by atoms with E-state index in [1.165, 1.54) is 5.56 Å². The second-order valence-corrected chi connectivity index (χ2v) is 6.34. The lowest BCUT2D eigenvalue weighted by Crippen LogP contribution is -2.18. The number of thiophene rings is 1. The lowest BCUT2D eigenvalue weighted by atomic mass is 10.2. The molecule has 0 bridgehead atoms. The first-order valence-electron chi connectivity index (χ1n) is 5.42. The maximum absolute atomic E-state index is 9.11. The number of anilines is 1. The molecule has 2 heterocycles. The number of rotatable bonds is 3. The quantitative estimate of drug-likeness (QED) is 0.864. The second-order valence-electron chi connectivity index (χ2n) is 4.05. The fraction of sp³-hybridized carbons (Fsp3) is 0.231. The SMILES string of the molecule is Cc1ccc(C#N)c(N(C)Cc2csc(Br)c2)n1. The molecule has 92 valence electrons. The molecule has 0 spiro atoms. The standard InChI is InChI=1S/C13H12BrN3S/c1-9-3-4-11(6-15)13(16-9)17(2)7-10-5-12(14)18-8-10/h3-5,8H,7H2,1-2H3. The zero-order chi connectivity index (χ0) is 13.1. The lowest BCUT2D eigenvalue weighted by Gasteiger charge is -2.19. The molecule has 0 amide bonds. The van der Waals surface area contributed by atoms with E-state index in [1.54, 1.807) is 11.3 Å². The molecule has 0 fully saturated rings. The first kappa shape index (κ1) is 13.1. The molecule has 0 aliphatic rings. The van der Waals surface area contributed by atoms with Crippen molar-refractivity contribution >= 4 is 33.1 Å². The molecule has 2 aromatic rings. The highest BCUT2D eigenvalue weighted by atomic mass is 79.9. The van der Waals surface area contributed by atoms with Crippen LogP contribution in [0.5, 0.6) is 0 Å². The van der Waals surface area contributed by atoms with Crippen LogP contribution in [0.15, 0.2) is 27.4 Å². The summed E-state index contributed by atoms with van der Waals surface area (Å²) < 4.78 is 1.11. The van der Waals surface area contributed by atoms with E-state index in [2.05, 4.69) is 38.4 Å². The molecular formula is C13H12BrN3S. The third-order valence-electron chi connectivity index (χ3n) is 2.54. The van der Waals surface area contributed by atoms with Crippen LogP contribution >= 0.6 is 27.3 Å². The molecule has 2 aromatic heterocycles. The highest BCUT2D eigenvalue weighted by Gasteiger charge is 2.10. The van der Waals surface area contributed by atoms with Crippen molar-refractivity contribution in [1.29, 1.82) is 5.26 Å². The van der Waals surface area contributed by atoms with Gasteiger partial charge in [0.25, 0.3) is 0 Å². The van der Waals surface area contributed by atoms with E-state index in [-0.39, 0.29) is 0 Å². The van der Waals surface area contributed by atoms with Crippen molar-refractivity contribution < 1.29 is 0 Å². The summed E-state index contributed by atoms with van der Waals surface area (Å²) in [6.07, 6.45) is 0. The number of nitriles is 1. The maximum Gasteiger partial charge on any atom is 0.146 e. The van der Waals surface area contributed by atoms with Crippen LogP contribution in [0.4, 0.5) is 5.82 Å². The molecular weight excluding hydrogens is 310 g/mol. The van der Waals surface area contributed by atoms with Gasteiger partial charge in [-0.05, 0) is 52.0 Å². The summed E-state index contributed by atoms with van der Waals surface area (Å²) >= 11 is 5.11. The summed E-state index contributed by atoms with van der Waals surface area (Å²) in [4.78, 5) is 6.44. The van der Waals surface area contributed by atoms with Crippen molar-refractivity contribution in [2.24, 2.45) is 0 Å². The number of hydrogen-bond donors (Lipinski definition) is 0. The van der Waals surface area contributed by atoms with Gasteiger partial charge in [0.2, 0.25) is 0 Å². The van der Waals surface area contributed by atoms with E-state index in [0.29, 0.717) is 5.56 Å². The van der Waals surface area contributed by atoms with E-state index in [9.17, 15) is 0 Å². The van der Waals surface area contributed by atoms with Crippen molar-refractivity contribution in [3.63, 3.8) is 0 Å². The van der Waals surface area contributed by atoms with Gasteiger partial charge >= 0.3 is 0 Å². The average Bonchev–Trinajstić information content (AvgIpc) is 2.74. The molecule has 3 nitrogen and oxygen atoms in total. The highest BCUT2D eigenvalue weighted by molar-refractivity contribution is 9.11. The molecule has 5 heteroatoms. The largest absolute Gasteiger partial charge is 0.354 e. The molecule has 0 aliphatic carbocycles. The fourth-order valence-electron chi connectivity index (χ4n) is 1.70. The molecule has 0 aliphatic heterocycles. The number of hydrogen-bond acceptors (Lipinski definition) is 4. The van der Waals surface area contributed by atoms with Crippen LogP contribution in [0.1, 0.15) is 16.8 Å². The van der Waals surface area contributed by atoms with Crippen LogP contribution in [0.3, 0.4) is 0 Å². The van der Waals surface area contributed by atoms with E-state index in [1.807, 2.05) is 31.0 Å². The normalized spacial score (nSPS) is 10.1. The summed E-state index contributed by atoms with van der Waals surface area (Å²) in [6.45, 7) is 2.67. The molecule has 0 saturated carbocycles. The molecule has 0 radical (unpaired) electrons. The Morgan fingerprint density at radius 2 is 2.28 bits per heavy atom. The van der Waals surface area contributed by atoms with Crippen molar-refractivity contribution in [1.82, 2.24) is 4.98 Å². The highest BCUT2D eigenvalue weighted by Crippen LogP contribution is 2.24. The van der Waals surface area contributed by atoms with Crippen LogP contribution in [0.2, 0.25) is 0 Å². The Balaban J connectivity index is 2.26. The fourth-order valence-corrected chi connectivity index (χ4v) is 2.90. The minimum absolute atomic E-state index is 0.609. The van der Waals surface area contributed by atoms with Gasteiger partial charge in [-0.15, -0.1) is 11.3 Å². The van der Waals surface area contributed by atoms with Gasteiger partial charge in [0.05, 0.1) is 9.35 Å². The van der Waals surface area contributed by atoms with E-state index < -0.39 is 0 Å². The van der Waals surface area contributed by atoms with Gasteiger partial charge in [-0.2, -0.15) is 5.26 Å². The number of aryl methyl sites for hydroxylation is 1. The van der Waals surface area contributed by atoms with Crippen molar-refractivity contribution in [3.05, 3.63) is 44.2 Å². The summed E-state index contributed by atoms with van der Waals surface area (Å²) in [7, 11) is 1.95. The van der Waals surface area contributed by atoms with E-state index >= 15 is 0 Å². The maximum atomic E-state index is 9.11. The Kier molecular flexibility index (Phi) is 4.00. The molecule has 0 atom stereocenters. The number of aromatic nitrogens is 1. The van der Waals surface area contributed by atoms with Gasteiger partial charge < -0.3 is 4.90 Å². The summed E-state index contributed by atoms with van der Waals surface area (Å²) in [5, 5.41) is 11.2. The minimum Gasteiger partial charge on any atom is -0.354 e. The van der Waals surface area contributed by atoms with Gasteiger partial charge in [-0.1, -0.05) is 0 Å². The summed E-state index contributed by atoms with van der Waals surface area (Å²) in [5.74, 6) is 0.736. The molecule has 0 unspecified atom stereocenters. The Bertz CT molecular complexity index is 601. The van der Waals surface area contributed by atoms with Gasteiger partial charge in [-0.3, -0.25) is 0 Å². The van der Waals surface area contributed by atoms with Gasteiger partial charge in [-0.25, -0.2) is 4.98 Å². The summed E-state index contributed by atoms with van der Waals surface area (Å²) in [6, 6.07) is 7.95. The Morgan fingerprint density at radius 3 is 2.89 bits per heavy atom. The number of pyridine rings is 1. The molecule has 0 aromatic carbocycles. The van der Waals surface area contributed by atoms with Gasteiger partial charge in [0.15, 0.2) is 0 Å². The van der Waals surface area contributed by atoms with Crippen LogP contribution < -0.4 is 4.90 Å². The van der Waals surface area contributed by atoms with Crippen LogP contribution in [-0.2, 0) is 6.54 Å². The minimum atomic E-state index is 0.609. The zero-order valence-electron chi connectivity index (χ0n) is 10.1. The molecule has 18 heavy (non-hydrogen) atoms. The van der Waals surface area contributed by atoms with E-state index in [0.717, 1.165) is 21.8 Å². The third kappa shape index (κ3) is 2.89. The van der Waals surface area contributed by atoms with Gasteiger partial charge in [0.1, 0.15) is 11.9 Å². The molecule has 0 saturated heterocycles. The zero-order valence-corrected chi connectivity index (χ0v) is 12.5. The molecule has 0 N–H and O–H groups in total. The monoisotopic (exact) mass is 321 g/mol. The number of halogens is 1. The Hall–Kier alpha value is -1.38. The predicted octanol–water partition coefficient (Wildman–Crippen LogP) is 3.72. The van der Waals surface area contributed by atoms with E-state index in [4.69, 9.17) is 5.26 Å². The van der Waals surface area contributed by atoms with Crippen molar-refractivity contribution in [3.8, 4) is 6.07 Å². The first-order chi connectivity index (χ1) is 8.60.